The molecule has 0 radical (unpaired) electrons. The number of hydrogen-bond acceptors (Lipinski definition) is 3. The SMILES string of the molecule is CCCCCCCc1ccc(-c2ccc(C(=O)OC(C)C(=O)CCC)cc2)cc1. The van der Waals surface area contributed by atoms with Crippen LogP contribution in [0.15, 0.2) is 48.5 Å². The maximum absolute atomic E-state index is 12.2. The maximum Gasteiger partial charge on any atom is 0.338 e. The van der Waals surface area contributed by atoms with Crippen molar-refractivity contribution >= 4 is 11.8 Å². The van der Waals surface area contributed by atoms with E-state index in [4.69, 9.17) is 4.74 Å². The molecule has 2 aromatic rings. The van der Waals surface area contributed by atoms with Crippen LogP contribution < -0.4 is 0 Å². The van der Waals surface area contributed by atoms with Crippen LogP contribution in [0.2, 0.25) is 0 Å². The van der Waals surface area contributed by atoms with Gasteiger partial charge in [-0.3, -0.25) is 4.79 Å². The fraction of sp³-hybridized carbons (Fsp3) is 0.462. The number of rotatable bonds is 12. The van der Waals surface area contributed by atoms with Crippen LogP contribution in [0.1, 0.15) is 81.6 Å². The van der Waals surface area contributed by atoms with Crippen LogP contribution in [-0.4, -0.2) is 17.9 Å². The van der Waals surface area contributed by atoms with Gasteiger partial charge in [-0.05, 0) is 55.0 Å². The van der Waals surface area contributed by atoms with E-state index in [1.807, 2.05) is 19.1 Å². The Kier molecular flexibility index (Phi) is 9.63. The summed E-state index contributed by atoms with van der Waals surface area (Å²) in [5.74, 6) is -0.491. The van der Waals surface area contributed by atoms with Crippen molar-refractivity contribution in [1.82, 2.24) is 0 Å². The summed E-state index contributed by atoms with van der Waals surface area (Å²) in [5.41, 5.74) is 4.03. The topological polar surface area (TPSA) is 43.4 Å². The standard InChI is InChI=1S/C26H34O3/c1-4-6-7-8-9-11-21-12-14-22(15-13-21)23-16-18-24(19-17-23)26(28)29-20(3)25(27)10-5-2/h12-20H,4-11H2,1-3H3. The Morgan fingerprint density at radius 2 is 1.38 bits per heavy atom. The van der Waals surface area contributed by atoms with E-state index < -0.39 is 12.1 Å². The number of ether oxygens (including phenoxy) is 1. The van der Waals surface area contributed by atoms with Crippen LogP contribution in [0.4, 0.5) is 0 Å². The van der Waals surface area contributed by atoms with Crippen molar-refractivity contribution in [2.45, 2.75) is 78.2 Å². The number of unbranched alkanes of at least 4 members (excludes halogenated alkanes) is 4. The van der Waals surface area contributed by atoms with Crippen molar-refractivity contribution in [2.75, 3.05) is 0 Å². The number of carbonyl (C=O) groups excluding carboxylic acids is 2. The van der Waals surface area contributed by atoms with Crippen molar-refractivity contribution in [3.63, 3.8) is 0 Å². The molecular formula is C26H34O3. The van der Waals surface area contributed by atoms with Gasteiger partial charge in [0, 0.05) is 6.42 Å². The Hall–Kier alpha value is -2.42. The van der Waals surface area contributed by atoms with E-state index in [-0.39, 0.29) is 5.78 Å². The zero-order chi connectivity index (χ0) is 21.1. The third kappa shape index (κ3) is 7.49. The molecule has 0 spiro atoms. The molecule has 0 aliphatic rings. The van der Waals surface area contributed by atoms with E-state index >= 15 is 0 Å². The summed E-state index contributed by atoms with van der Waals surface area (Å²) in [7, 11) is 0. The molecule has 0 saturated carbocycles. The van der Waals surface area contributed by atoms with Gasteiger partial charge >= 0.3 is 5.97 Å². The highest BCUT2D eigenvalue weighted by molar-refractivity contribution is 5.93. The highest BCUT2D eigenvalue weighted by Gasteiger charge is 2.18. The molecule has 0 fully saturated rings. The first-order chi connectivity index (χ1) is 14.0. The Morgan fingerprint density at radius 1 is 0.793 bits per heavy atom. The molecule has 156 valence electrons. The predicted molar refractivity (Wildman–Crippen MR) is 119 cm³/mol. The van der Waals surface area contributed by atoms with Gasteiger partial charge in [0.25, 0.3) is 0 Å². The summed E-state index contributed by atoms with van der Waals surface area (Å²) in [4.78, 5) is 24.1. The fourth-order valence-electron chi connectivity index (χ4n) is 3.34. The summed E-state index contributed by atoms with van der Waals surface area (Å²) < 4.78 is 5.29. The lowest BCUT2D eigenvalue weighted by Gasteiger charge is -2.12. The van der Waals surface area contributed by atoms with Crippen molar-refractivity contribution in [2.24, 2.45) is 0 Å². The molecule has 0 bridgehead atoms. The van der Waals surface area contributed by atoms with Crippen LogP contribution in [0.25, 0.3) is 11.1 Å². The summed E-state index contributed by atoms with van der Waals surface area (Å²) in [6, 6.07) is 16.0. The second-order valence-electron chi connectivity index (χ2n) is 7.70. The molecule has 0 aliphatic carbocycles. The minimum absolute atomic E-state index is 0.0390. The zero-order valence-electron chi connectivity index (χ0n) is 18.1. The predicted octanol–water partition coefficient (Wildman–Crippen LogP) is 6.78. The number of carbonyl (C=O) groups is 2. The van der Waals surface area contributed by atoms with E-state index in [0.717, 1.165) is 24.0 Å². The number of ketones is 1. The van der Waals surface area contributed by atoms with Gasteiger partial charge in [-0.15, -0.1) is 0 Å². The molecule has 1 unspecified atom stereocenters. The zero-order valence-corrected chi connectivity index (χ0v) is 18.1. The summed E-state index contributed by atoms with van der Waals surface area (Å²) in [6.07, 6.45) is 8.10. The molecule has 3 nitrogen and oxygen atoms in total. The molecule has 1 atom stereocenters. The second-order valence-corrected chi connectivity index (χ2v) is 7.70. The van der Waals surface area contributed by atoms with Gasteiger partial charge in [-0.25, -0.2) is 4.79 Å². The minimum Gasteiger partial charge on any atom is -0.451 e. The monoisotopic (exact) mass is 394 g/mol. The molecule has 0 heterocycles. The van der Waals surface area contributed by atoms with Crippen LogP contribution in [0.5, 0.6) is 0 Å². The molecule has 0 aliphatic heterocycles. The molecular weight excluding hydrogens is 360 g/mol. The van der Waals surface area contributed by atoms with E-state index in [1.165, 1.54) is 37.7 Å². The Bertz CT molecular complexity index is 760. The first-order valence-electron chi connectivity index (χ1n) is 11.0. The van der Waals surface area contributed by atoms with Crippen LogP contribution >= 0.6 is 0 Å². The highest BCUT2D eigenvalue weighted by atomic mass is 16.5. The molecule has 0 aromatic heterocycles. The second kappa shape index (κ2) is 12.2. The van der Waals surface area contributed by atoms with Crippen LogP contribution in [-0.2, 0) is 16.0 Å². The lowest BCUT2D eigenvalue weighted by atomic mass is 10.00. The fourth-order valence-corrected chi connectivity index (χ4v) is 3.34. The minimum atomic E-state index is -0.698. The number of esters is 1. The molecule has 0 N–H and O–H groups in total. The van der Waals surface area contributed by atoms with Gasteiger partial charge in [-0.2, -0.15) is 0 Å². The van der Waals surface area contributed by atoms with Crippen molar-refractivity contribution in [3.05, 3.63) is 59.7 Å². The summed E-state index contributed by atoms with van der Waals surface area (Å²) >= 11 is 0. The molecule has 0 saturated heterocycles. The summed E-state index contributed by atoms with van der Waals surface area (Å²) in [5, 5.41) is 0. The largest absolute Gasteiger partial charge is 0.451 e. The van der Waals surface area contributed by atoms with Gasteiger partial charge in [0.15, 0.2) is 11.9 Å². The number of aryl methyl sites for hydroxylation is 1. The lowest BCUT2D eigenvalue weighted by molar-refractivity contribution is -0.126. The van der Waals surface area contributed by atoms with Gasteiger partial charge in [-0.1, -0.05) is 75.9 Å². The average Bonchev–Trinajstić information content (AvgIpc) is 2.74. The number of benzene rings is 2. The van der Waals surface area contributed by atoms with Gasteiger partial charge in [0.1, 0.15) is 0 Å². The molecule has 2 rings (SSSR count). The highest BCUT2D eigenvalue weighted by Crippen LogP contribution is 2.22. The molecule has 3 heteroatoms. The molecule has 29 heavy (non-hydrogen) atoms. The summed E-state index contributed by atoms with van der Waals surface area (Å²) in [6.45, 7) is 5.81. The first-order valence-corrected chi connectivity index (χ1v) is 11.0. The molecule has 0 amide bonds. The molecule has 2 aromatic carbocycles. The maximum atomic E-state index is 12.2. The van der Waals surface area contributed by atoms with Crippen molar-refractivity contribution < 1.29 is 14.3 Å². The third-order valence-corrected chi connectivity index (χ3v) is 5.21. The first kappa shape index (κ1) is 22.9. The lowest BCUT2D eigenvalue weighted by Crippen LogP contribution is -2.24. The van der Waals surface area contributed by atoms with E-state index in [0.29, 0.717) is 12.0 Å². The third-order valence-electron chi connectivity index (χ3n) is 5.21. The Morgan fingerprint density at radius 3 is 1.97 bits per heavy atom. The Balaban J connectivity index is 1.90. The number of hydrogen-bond donors (Lipinski definition) is 0. The Labute approximate surface area is 175 Å². The van der Waals surface area contributed by atoms with E-state index in [9.17, 15) is 9.59 Å². The van der Waals surface area contributed by atoms with E-state index in [1.54, 1.807) is 19.1 Å². The smallest absolute Gasteiger partial charge is 0.338 e. The van der Waals surface area contributed by atoms with Crippen LogP contribution in [0, 0.1) is 0 Å². The average molecular weight is 395 g/mol. The van der Waals surface area contributed by atoms with Gasteiger partial charge in [0.05, 0.1) is 5.56 Å². The van der Waals surface area contributed by atoms with Crippen LogP contribution in [0.3, 0.4) is 0 Å². The quantitative estimate of drug-likeness (QED) is 0.294. The van der Waals surface area contributed by atoms with E-state index in [2.05, 4.69) is 31.2 Å². The van der Waals surface area contributed by atoms with Gasteiger partial charge in [0.2, 0.25) is 0 Å². The number of Topliss-reactive ketones (excluding diaryl/α,β-unsaturated/α-hetero) is 1. The normalized spacial score (nSPS) is 11.8. The van der Waals surface area contributed by atoms with Crippen molar-refractivity contribution in [1.29, 1.82) is 0 Å². The van der Waals surface area contributed by atoms with Crippen molar-refractivity contribution in [3.8, 4) is 11.1 Å². The van der Waals surface area contributed by atoms with Gasteiger partial charge < -0.3 is 4.74 Å².